The maximum absolute atomic E-state index is 11.7. The van der Waals surface area contributed by atoms with Crippen molar-refractivity contribution in [2.75, 3.05) is 18.4 Å². The third-order valence-corrected chi connectivity index (χ3v) is 2.82. The summed E-state index contributed by atoms with van der Waals surface area (Å²) in [5, 5.41) is 9.71. The number of nitrogens with zero attached hydrogens (tertiary/aromatic N) is 1. The maximum Gasteiger partial charge on any atom is 0.234 e. The average Bonchev–Trinajstić information content (AvgIpc) is 2.83. The van der Waals surface area contributed by atoms with Crippen molar-refractivity contribution >= 4 is 11.8 Å². The van der Waals surface area contributed by atoms with Crippen molar-refractivity contribution in [3.8, 4) is 0 Å². The number of carbonyl (C=O) groups excluding carboxylic acids is 1. The predicted molar refractivity (Wildman–Crippen MR) is 55.6 cm³/mol. The van der Waals surface area contributed by atoms with Crippen LogP contribution in [0, 0.1) is 19.8 Å². The first kappa shape index (κ1) is 10.2. The van der Waals surface area contributed by atoms with Gasteiger partial charge in [-0.15, -0.1) is 0 Å². The Labute approximate surface area is 88.2 Å². The zero-order valence-electron chi connectivity index (χ0n) is 8.96. The fourth-order valence-corrected chi connectivity index (χ4v) is 1.62. The number of aryl methyl sites for hydroxylation is 1. The highest BCUT2D eigenvalue weighted by molar-refractivity contribution is 5.92. The summed E-state index contributed by atoms with van der Waals surface area (Å²) in [5.41, 5.74) is 1.71. The third kappa shape index (κ3) is 2.02. The Balaban J connectivity index is 2.02. The molecule has 0 radical (unpaired) electrons. The van der Waals surface area contributed by atoms with Crippen molar-refractivity contribution < 1.29 is 9.32 Å². The molecule has 15 heavy (non-hydrogen) atoms. The van der Waals surface area contributed by atoms with Gasteiger partial charge in [-0.2, -0.15) is 0 Å². The molecule has 1 aromatic heterocycles. The Kier molecular flexibility index (Phi) is 2.73. The van der Waals surface area contributed by atoms with E-state index in [9.17, 15) is 4.79 Å². The number of aromatic nitrogens is 1. The summed E-state index contributed by atoms with van der Waals surface area (Å²) in [5.74, 6) is 0.540. The maximum atomic E-state index is 11.7. The van der Waals surface area contributed by atoms with E-state index in [0.717, 1.165) is 30.8 Å². The first-order chi connectivity index (χ1) is 7.18. The molecule has 82 valence electrons. The van der Waals surface area contributed by atoms with Crippen LogP contribution in [0.4, 0.5) is 5.88 Å². The summed E-state index contributed by atoms with van der Waals surface area (Å²) in [6.45, 7) is 5.39. The van der Waals surface area contributed by atoms with Gasteiger partial charge in [0.15, 0.2) is 0 Å². The van der Waals surface area contributed by atoms with E-state index in [-0.39, 0.29) is 11.8 Å². The van der Waals surface area contributed by atoms with Gasteiger partial charge in [0.2, 0.25) is 11.8 Å². The lowest BCUT2D eigenvalue weighted by Crippen LogP contribution is -2.24. The fraction of sp³-hybridized carbons (Fsp3) is 0.600. The normalized spacial score (nSPS) is 20.5. The number of rotatable bonds is 2. The molecule has 2 N–H and O–H groups in total. The Morgan fingerprint density at radius 1 is 1.60 bits per heavy atom. The second-order valence-corrected chi connectivity index (χ2v) is 3.90. The van der Waals surface area contributed by atoms with Gasteiger partial charge in [0, 0.05) is 12.1 Å². The number of nitrogens with one attached hydrogen (secondary N) is 2. The van der Waals surface area contributed by atoms with E-state index in [1.54, 1.807) is 0 Å². The van der Waals surface area contributed by atoms with E-state index >= 15 is 0 Å². The van der Waals surface area contributed by atoms with Crippen LogP contribution in [0.25, 0.3) is 0 Å². The molecule has 5 nitrogen and oxygen atoms in total. The lowest BCUT2D eigenvalue weighted by Gasteiger charge is -2.07. The van der Waals surface area contributed by atoms with E-state index in [1.807, 2.05) is 13.8 Å². The quantitative estimate of drug-likeness (QED) is 0.757. The van der Waals surface area contributed by atoms with Crippen molar-refractivity contribution in [2.24, 2.45) is 5.92 Å². The van der Waals surface area contributed by atoms with Crippen molar-refractivity contribution in [3.63, 3.8) is 0 Å². The van der Waals surface area contributed by atoms with Crippen molar-refractivity contribution in [1.82, 2.24) is 10.5 Å². The van der Waals surface area contributed by atoms with Crippen molar-refractivity contribution in [3.05, 3.63) is 11.3 Å². The number of hydrogen-bond acceptors (Lipinski definition) is 4. The van der Waals surface area contributed by atoms with E-state index in [2.05, 4.69) is 15.8 Å². The van der Waals surface area contributed by atoms with Crippen LogP contribution in [0.2, 0.25) is 0 Å². The van der Waals surface area contributed by atoms with Crippen LogP contribution in [0.15, 0.2) is 4.52 Å². The summed E-state index contributed by atoms with van der Waals surface area (Å²) >= 11 is 0. The Morgan fingerprint density at radius 2 is 2.40 bits per heavy atom. The number of anilines is 1. The standard InChI is InChI=1S/C10H15N3O2/c1-6-7(2)13-15-10(6)12-9(14)8-3-4-11-5-8/h8,11H,3-5H2,1-2H3,(H,12,14). The van der Waals surface area contributed by atoms with Crippen molar-refractivity contribution in [2.45, 2.75) is 20.3 Å². The summed E-state index contributed by atoms with van der Waals surface area (Å²) in [4.78, 5) is 11.7. The zero-order valence-corrected chi connectivity index (χ0v) is 8.96. The molecule has 1 atom stereocenters. The molecule has 1 aromatic rings. The molecular weight excluding hydrogens is 194 g/mol. The second-order valence-electron chi connectivity index (χ2n) is 3.90. The molecule has 1 amide bonds. The van der Waals surface area contributed by atoms with Gasteiger partial charge in [-0.25, -0.2) is 0 Å². The molecule has 0 saturated carbocycles. The summed E-state index contributed by atoms with van der Waals surface area (Å²) in [7, 11) is 0. The monoisotopic (exact) mass is 209 g/mol. The molecule has 1 fully saturated rings. The van der Waals surface area contributed by atoms with Crippen LogP contribution in [0.1, 0.15) is 17.7 Å². The van der Waals surface area contributed by atoms with Crippen LogP contribution >= 0.6 is 0 Å². The Hall–Kier alpha value is -1.36. The van der Waals surface area contributed by atoms with E-state index in [0.29, 0.717) is 5.88 Å². The first-order valence-corrected chi connectivity index (χ1v) is 5.13. The minimum Gasteiger partial charge on any atom is -0.338 e. The van der Waals surface area contributed by atoms with Crippen molar-refractivity contribution in [1.29, 1.82) is 0 Å². The molecule has 1 aliphatic rings. The highest BCUT2D eigenvalue weighted by Crippen LogP contribution is 2.19. The van der Waals surface area contributed by atoms with Crippen LogP contribution in [0.5, 0.6) is 0 Å². The SMILES string of the molecule is Cc1noc(NC(=O)C2CCNC2)c1C. The van der Waals surface area contributed by atoms with Crippen LogP contribution in [-0.4, -0.2) is 24.2 Å². The van der Waals surface area contributed by atoms with E-state index in [1.165, 1.54) is 0 Å². The van der Waals surface area contributed by atoms with Crippen LogP contribution in [-0.2, 0) is 4.79 Å². The smallest absolute Gasteiger partial charge is 0.234 e. The molecule has 0 aliphatic carbocycles. The first-order valence-electron chi connectivity index (χ1n) is 5.13. The summed E-state index contributed by atoms with van der Waals surface area (Å²) < 4.78 is 5.02. The fourth-order valence-electron chi connectivity index (χ4n) is 1.62. The number of amides is 1. The average molecular weight is 209 g/mol. The molecule has 0 aromatic carbocycles. The number of carbonyl (C=O) groups is 1. The molecule has 0 spiro atoms. The largest absolute Gasteiger partial charge is 0.338 e. The third-order valence-electron chi connectivity index (χ3n) is 2.82. The molecule has 2 rings (SSSR count). The minimum absolute atomic E-state index is 0.0132. The van der Waals surface area contributed by atoms with E-state index < -0.39 is 0 Å². The molecule has 1 saturated heterocycles. The van der Waals surface area contributed by atoms with Gasteiger partial charge in [0.1, 0.15) is 0 Å². The minimum atomic E-state index is 0.0132. The zero-order chi connectivity index (χ0) is 10.8. The Bertz CT molecular complexity index is 367. The van der Waals surface area contributed by atoms with Gasteiger partial charge < -0.3 is 9.84 Å². The van der Waals surface area contributed by atoms with Gasteiger partial charge >= 0.3 is 0 Å². The molecule has 1 unspecified atom stereocenters. The Morgan fingerprint density at radius 3 is 2.93 bits per heavy atom. The predicted octanol–water partition coefficient (Wildman–Crippen LogP) is 0.839. The van der Waals surface area contributed by atoms with Gasteiger partial charge in [-0.1, -0.05) is 5.16 Å². The van der Waals surface area contributed by atoms with Crippen LogP contribution in [0.3, 0.4) is 0 Å². The number of hydrogen-bond donors (Lipinski definition) is 2. The molecular formula is C10H15N3O2. The summed E-state index contributed by atoms with van der Waals surface area (Å²) in [6.07, 6.45) is 0.887. The molecule has 0 bridgehead atoms. The second kappa shape index (κ2) is 4.02. The molecule has 1 aliphatic heterocycles. The van der Waals surface area contributed by atoms with Gasteiger partial charge in [0.05, 0.1) is 11.6 Å². The lowest BCUT2D eigenvalue weighted by molar-refractivity contribution is -0.119. The van der Waals surface area contributed by atoms with Crippen LogP contribution < -0.4 is 10.6 Å². The topological polar surface area (TPSA) is 67.2 Å². The van der Waals surface area contributed by atoms with Gasteiger partial charge in [-0.3, -0.25) is 10.1 Å². The highest BCUT2D eigenvalue weighted by Gasteiger charge is 2.24. The van der Waals surface area contributed by atoms with E-state index in [4.69, 9.17) is 4.52 Å². The summed E-state index contributed by atoms with van der Waals surface area (Å²) in [6, 6.07) is 0. The van der Waals surface area contributed by atoms with Gasteiger partial charge in [0.25, 0.3) is 0 Å². The highest BCUT2D eigenvalue weighted by atomic mass is 16.5. The molecule has 5 heteroatoms. The van der Waals surface area contributed by atoms with Gasteiger partial charge in [-0.05, 0) is 26.8 Å². The molecule has 2 heterocycles. The lowest BCUT2D eigenvalue weighted by atomic mass is 10.1.